The van der Waals surface area contributed by atoms with Crippen molar-refractivity contribution in [2.45, 2.75) is 31.9 Å². The highest BCUT2D eigenvalue weighted by Crippen LogP contribution is 2.32. The number of hydrogen-bond acceptors (Lipinski definition) is 3. The minimum Gasteiger partial charge on any atom is -0.479 e. The van der Waals surface area contributed by atoms with Crippen LogP contribution in [0.5, 0.6) is 5.75 Å². The summed E-state index contributed by atoms with van der Waals surface area (Å²) in [6.07, 6.45) is 1.69. The maximum Gasteiger partial charge on any atom is 0.261 e. The molecule has 1 aliphatic rings. The van der Waals surface area contributed by atoms with Gasteiger partial charge in [0.2, 0.25) is 0 Å². The van der Waals surface area contributed by atoms with Crippen molar-refractivity contribution in [3.8, 4) is 5.75 Å². The van der Waals surface area contributed by atoms with E-state index in [1.807, 2.05) is 12.1 Å². The summed E-state index contributed by atoms with van der Waals surface area (Å²) in [5.41, 5.74) is 5.66. The number of nitrogens with one attached hydrogen (secondary N) is 1. The van der Waals surface area contributed by atoms with Gasteiger partial charge in [0.05, 0.1) is 5.02 Å². The fraction of sp³-hybridized carbons (Fsp3) is 0.500. The highest BCUT2D eigenvalue weighted by atomic mass is 35.5. The van der Waals surface area contributed by atoms with Gasteiger partial charge in [-0.25, -0.2) is 0 Å². The number of amides is 1. The number of ether oxygens (including phenoxy) is 1. The number of rotatable bonds is 6. The Morgan fingerprint density at radius 1 is 1.53 bits per heavy atom. The molecule has 1 fully saturated rings. The van der Waals surface area contributed by atoms with Crippen molar-refractivity contribution in [3.63, 3.8) is 0 Å². The largest absolute Gasteiger partial charge is 0.479 e. The van der Waals surface area contributed by atoms with Gasteiger partial charge in [-0.3, -0.25) is 4.79 Å². The predicted molar refractivity (Wildman–Crippen MR) is 75.3 cm³/mol. The second-order valence-electron chi connectivity index (χ2n) is 4.88. The number of carbonyl (C=O) groups is 1. The minimum absolute atomic E-state index is 0.0600. The number of benzene rings is 1. The van der Waals surface area contributed by atoms with Crippen molar-refractivity contribution in [1.82, 2.24) is 5.32 Å². The summed E-state index contributed by atoms with van der Waals surface area (Å²) >= 11 is 5.99. The summed E-state index contributed by atoms with van der Waals surface area (Å²) in [5.74, 6) is 0.895. The van der Waals surface area contributed by atoms with Gasteiger partial charge in [0.1, 0.15) is 5.75 Å². The number of para-hydroxylation sites is 1. The molecule has 0 aromatic heterocycles. The molecule has 1 amide bonds. The molecule has 104 valence electrons. The van der Waals surface area contributed by atoms with Crippen molar-refractivity contribution in [3.05, 3.63) is 29.3 Å². The number of hydrogen-bond donors (Lipinski definition) is 2. The van der Waals surface area contributed by atoms with E-state index in [-0.39, 0.29) is 11.9 Å². The van der Waals surface area contributed by atoms with Crippen LogP contribution in [0.4, 0.5) is 0 Å². The minimum atomic E-state index is -0.590. The predicted octanol–water partition coefficient (Wildman–Crippen LogP) is 1.96. The molecule has 2 unspecified atom stereocenters. The van der Waals surface area contributed by atoms with Crippen molar-refractivity contribution in [1.29, 1.82) is 0 Å². The standard InChI is InChI=1S/C14H19ClN2O2/c1-9(19-13-5-3-2-4-11(13)15)14(18)17-12(8-16)10-6-7-10/h2-5,9-10,12H,6-8,16H2,1H3,(H,17,18). The Labute approximate surface area is 118 Å². The van der Waals surface area contributed by atoms with E-state index < -0.39 is 6.10 Å². The Hall–Kier alpha value is -1.26. The molecule has 0 aliphatic heterocycles. The molecule has 5 heteroatoms. The zero-order valence-electron chi connectivity index (χ0n) is 10.9. The van der Waals surface area contributed by atoms with E-state index in [2.05, 4.69) is 5.32 Å². The molecular weight excluding hydrogens is 264 g/mol. The zero-order valence-corrected chi connectivity index (χ0v) is 11.7. The maximum atomic E-state index is 12.0. The third-order valence-electron chi connectivity index (χ3n) is 3.28. The lowest BCUT2D eigenvalue weighted by Crippen LogP contribution is -2.46. The Balaban J connectivity index is 1.90. The molecule has 0 saturated heterocycles. The van der Waals surface area contributed by atoms with Gasteiger partial charge in [0, 0.05) is 12.6 Å². The Morgan fingerprint density at radius 2 is 2.21 bits per heavy atom. The zero-order chi connectivity index (χ0) is 13.8. The fourth-order valence-corrected chi connectivity index (χ4v) is 2.13. The van der Waals surface area contributed by atoms with Gasteiger partial charge in [-0.2, -0.15) is 0 Å². The van der Waals surface area contributed by atoms with E-state index >= 15 is 0 Å². The first-order valence-electron chi connectivity index (χ1n) is 6.53. The van der Waals surface area contributed by atoms with E-state index in [1.54, 1.807) is 19.1 Å². The first-order valence-corrected chi connectivity index (χ1v) is 6.91. The average molecular weight is 283 g/mol. The molecule has 1 aromatic rings. The second kappa shape index (κ2) is 6.26. The Bertz CT molecular complexity index is 449. The SMILES string of the molecule is CC(Oc1ccccc1Cl)C(=O)NC(CN)C1CC1. The molecule has 1 aliphatic carbocycles. The van der Waals surface area contributed by atoms with Crippen molar-refractivity contribution in [2.24, 2.45) is 11.7 Å². The molecule has 2 rings (SSSR count). The molecule has 0 bridgehead atoms. The molecule has 4 nitrogen and oxygen atoms in total. The lowest BCUT2D eigenvalue weighted by Gasteiger charge is -2.20. The van der Waals surface area contributed by atoms with Gasteiger partial charge in [-0.15, -0.1) is 0 Å². The molecule has 2 atom stereocenters. The van der Waals surface area contributed by atoms with Gasteiger partial charge in [0.25, 0.3) is 5.91 Å². The lowest BCUT2D eigenvalue weighted by atomic mass is 10.2. The monoisotopic (exact) mass is 282 g/mol. The van der Waals surface area contributed by atoms with Crippen molar-refractivity contribution in [2.75, 3.05) is 6.54 Å². The highest BCUT2D eigenvalue weighted by molar-refractivity contribution is 6.32. The van der Waals surface area contributed by atoms with Crippen LogP contribution in [0.3, 0.4) is 0 Å². The Morgan fingerprint density at radius 3 is 2.79 bits per heavy atom. The normalized spacial score (nSPS) is 17.6. The van der Waals surface area contributed by atoms with E-state index in [4.69, 9.17) is 22.1 Å². The molecule has 1 saturated carbocycles. The quantitative estimate of drug-likeness (QED) is 0.838. The molecule has 0 heterocycles. The van der Waals surface area contributed by atoms with Crippen molar-refractivity contribution < 1.29 is 9.53 Å². The maximum absolute atomic E-state index is 12.0. The number of carbonyl (C=O) groups excluding carboxylic acids is 1. The van der Waals surface area contributed by atoms with Crippen LogP contribution >= 0.6 is 11.6 Å². The van der Waals surface area contributed by atoms with Gasteiger partial charge < -0.3 is 15.8 Å². The summed E-state index contributed by atoms with van der Waals surface area (Å²) in [7, 11) is 0. The van der Waals surface area contributed by atoms with E-state index in [9.17, 15) is 4.79 Å². The molecule has 0 spiro atoms. The summed E-state index contributed by atoms with van der Waals surface area (Å²) in [4.78, 5) is 12.0. The molecule has 3 N–H and O–H groups in total. The van der Waals surface area contributed by atoms with Crippen LogP contribution in [0.1, 0.15) is 19.8 Å². The van der Waals surface area contributed by atoms with Crippen LogP contribution in [0.2, 0.25) is 5.02 Å². The topological polar surface area (TPSA) is 64.3 Å². The molecular formula is C14H19ClN2O2. The molecule has 1 aromatic carbocycles. The van der Waals surface area contributed by atoms with Crippen LogP contribution in [-0.2, 0) is 4.79 Å². The third kappa shape index (κ3) is 3.85. The second-order valence-corrected chi connectivity index (χ2v) is 5.29. The first kappa shape index (κ1) is 14.2. The average Bonchev–Trinajstić information content (AvgIpc) is 3.22. The fourth-order valence-electron chi connectivity index (χ4n) is 1.95. The van der Waals surface area contributed by atoms with Crippen LogP contribution in [0.25, 0.3) is 0 Å². The summed E-state index contributed by atoms with van der Waals surface area (Å²) in [5, 5.41) is 3.44. The van der Waals surface area contributed by atoms with Gasteiger partial charge in [-0.1, -0.05) is 23.7 Å². The van der Waals surface area contributed by atoms with E-state index in [1.165, 1.54) is 0 Å². The van der Waals surface area contributed by atoms with Crippen LogP contribution in [0, 0.1) is 5.92 Å². The van der Waals surface area contributed by atoms with Crippen LogP contribution in [-0.4, -0.2) is 24.6 Å². The van der Waals surface area contributed by atoms with E-state index in [0.29, 0.717) is 23.2 Å². The van der Waals surface area contributed by atoms with Crippen molar-refractivity contribution >= 4 is 17.5 Å². The number of halogens is 1. The Kier molecular flexibility index (Phi) is 4.66. The molecule has 19 heavy (non-hydrogen) atoms. The van der Waals surface area contributed by atoms with Gasteiger partial charge in [0.15, 0.2) is 6.10 Å². The lowest BCUT2D eigenvalue weighted by molar-refractivity contribution is -0.128. The number of nitrogens with two attached hydrogens (primary N) is 1. The van der Waals surface area contributed by atoms with E-state index in [0.717, 1.165) is 12.8 Å². The molecule has 0 radical (unpaired) electrons. The highest BCUT2D eigenvalue weighted by Gasteiger charge is 2.32. The van der Waals surface area contributed by atoms with Gasteiger partial charge >= 0.3 is 0 Å². The summed E-state index contributed by atoms with van der Waals surface area (Å²) in [6, 6.07) is 7.17. The smallest absolute Gasteiger partial charge is 0.261 e. The van der Waals surface area contributed by atoms with Gasteiger partial charge in [-0.05, 0) is 37.8 Å². The summed E-state index contributed by atoms with van der Waals surface area (Å²) in [6.45, 7) is 2.17. The third-order valence-corrected chi connectivity index (χ3v) is 3.59. The van der Waals surface area contributed by atoms with Crippen LogP contribution in [0.15, 0.2) is 24.3 Å². The summed E-state index contributed by atoms with van der Waals surface area (Å²) < 4.78 is 5.57. The first-order chi connectivity index (χ1) is 9.11. The van der Waals surface area contributed by atoms with Crippen LogP contribution < -0.4 is 15.8 Å².